The molecular formula is C9H10BrNO3. The van der Waals surface area contributed by atoms with E-state index in [0.717, 1.165) is 5.56 Å². The number of hydrogen-bond donors (Lipinski definition) is 0. The molecule has 0 bridgehead atoms. The molecule has 0 aromatic carbocycles. The quantitative estimate of drug-likeness (QED) is 0.613. The molecule has 1 heterocycles. The molecule has 0 atom stereocenters. The van der Waals surface area contributed by atoms with E-state index in [9.17, 15) is 4.79 Å². The molecule has 0 radical (unpaired) electrons. The van der Waals surface area contributed by atoms with Crippen LogP contribution in [0.4, 0.5) is 0 Å². The number of pyridine rings is 1. The molecule has 0 amide bonds. The maximum Gasteiger partial charge on any atom is 0.356 e. The zero-order valence-electron chi connectivity index (χ0n) is 7.91. The summed E-state index contributed by atoms with van der Waals surface area (Å²) in [5.41, 5.74) is 1.14. The Morgan fingerprint density at radius 1 is 1.57 bits per heavy atom. The number of carbonyl (C=O) groups is 1. The van der Waals surface area contributed by atoms with Gasteiger partial charge < -0.3 is 9.47 Å². The first kappa shape index (κ1) is 11.0. The summed E-state index contributed by atoms with van der Waals surface area (Å²) in [7, 11) is 2.88. The first-order valence-electron chi connectivity index (χ1n) is 3.90. The van der Waals surface area contributed by atoms with Crippen LogP contribution in [0.2, 0.25) is 0 Å². The van der Waals surface area contributed by atoms with E-state index in [2.05, 4.69) is 25.7 Å². The number of methoxy groups -OCH3 is 2. The van der Waals surface area contributed by atoms with Gasteiger partial charge >= 0.3 is 5.97 Å². The summed E-state index contributed by atoms with van der Waals surface area (Å²) in [6.07, 6.45) is 1.50. The van der Waals surface area contributed by atoms with Gasteiger partial charge in [0, 0.05) is 10.9 Å². The molecule has 5 heteroatoms. The fourth-order valence-electron chi connectivity index (χ4n) is 0.989. The molecule has 0 spiro atoms. The molecule has 14 heavy (non-hydrogen) atoms. The molecule has 0 saturated carbocycles. The molecule has 0 aliphatic carbocycles. The van der Waals surface area contributed by atoms with Gasteiger partial charge in [-0.1, -0.05) is 15.9 Å². The van der Waals surface area contributed by atoms with Crippen molar-refractivity contribution in [2.24, 2.45) is 0 Å². The van der Waals surface area contributed by atoms with Crippen molar-refractivity contribution in [3.63, 3.8) is 0 Å². The average molecular weight is 260 g/mol. The van der Waals surface area contributed by atoms with Crippen LogP contribution in [-0.2, 0) is 10.1 Å². The first-order valence-corrected chi connectivity index (χ1v) is 5.02. The van der Waals surface area contributed by atoms with Crippen LogP contribution in [-0.4, -0.2) is 25.2 Å². The molecule has 0 aliphatic heterocycles. The van der Waals surface area contributed by atoms with Crippen molar-refractivity contribution >= 4 is 21.9 Å². The normalized spacial score (nSPS) is 9.64. The second-order valence-corrected chi connectivity index (χ2v) is 3.07. The van der Waals surface area contributed by atoms with Gasteiger partial charge in [-0.15, -0.1) is 0 Å². The van der Waals surface area contributed by atoms with Crippen LogP contribution < -0.4 is 4.74 Å². The van der Waals surface area contributed by atoms with Crippen LogP contribution >= 0.6 is 15.9 Å². The molecule has 0 fully saturated rings. The fourth-order valence-corrected chi connectivity index (χ4v) is 1.43. The summed E-state index contributed by atoms with van der Waals surface area (Å²) >= 11 is 3.29. The smallest absolute Gasteiger partial charge is 0.356 e. The molecule has 0 saturated heterocycles. The van der Waals surface area contributed by atoms with E-state index in [-0.39, 0.29) is 5.69 Å². The highest BCUT2D eigenvalue weighted by Gasteiger charge is 2.10. The second kappa shape index (κ2) is 4.95. The summed E-state index contributed by atoms with van der Waals surface area (Å²) in [5, 5.41) is 0.600. The number of esters is 1. The largest absolute Gasteiger partial charge is 0.495 e. The first-order chi connectivity index (χ1) is 6.72. The standard InChI is InChI=1S/C9H10BrNO3/c1-13-8-5-11-7(9(12)14-2)3-6(8)4-10/h3,5H,4H2,1-2H3. The van der Waals surface area contributed by atoms with Crippen LogP contribution in [0, 0.1) is 0 Å². The Labute approximate surface area is 90.4 Å². The Bertz CT molecular complexity index is 341. The van der Waals surface area contributed by atoms with Gasteiger partial charge in [-0.25, -0.2) is 9.78 Å². The van der Waals surface area contributed by atoms with Gasteiger partial charge in [0.2, 0.25) is 0 Å². The topological polar surface area (TPSA) is 48.4 Å². The van der Waals surface area contributed by atoms with Crippen LogP contribution in [0.3, 0.4) is 0 Å². The highest BCUT2D eigenvalue weighted by molar-refractivity contribution is 9.08. The lowest BCUT2D eigenvalue weighted by atomic mass is 10.2. The van der Waals surface area contributed by atoms with Crippen LogP contribution in [0.15, 0.2) is 12.3 Å². The monoisotopic (exact) mass is 259 g/mol. The van der Waals surface area contributed by atoms with E-state index in [1.807, 2.05) is 0 Å². The molecule has 0 aliphatic rings. The minimum absolute atomic E-state index is 0.280. The Kier molecular flexibility index (Phi) is 3.88. The number of ether oxygens (including phenoxy) is 2. The van der Waals surface area contributed by atoms with Gasteiger partial charge in [-0.2, -0.15) is 0 Å². The molecule has 1 aromatic rings. The average Bonchev–Trinajstić information content (AvgIpc) is 2.26. The highest BCUT2D eigenvalue weighted by Crippen LogP contribution is 2.20. The Hall–Kier alpha value is -1.10. The number of aromatic nitrogens is 1. The van der Waals surface area contributed by atoms with Gasteiger partial charge in [0.25, 0.3) is 0 Å². The van der Waals surface area contributed by atoms with Crippen LogP contribution in [0.5, 0.6) is 5.75 Å². The zero-order chi connectivity index (χ0) is 10.6. The minimum atomic E-state index is -0.449. The molecule has 1 aromatic heterocycles. The van der Waals surface area contributed by atoms with Crippen molar-refractivity contribution in [3.05, 3.63) is 23.5 Å². The summed E-state index contributed by atoms with van der Waals surface area (Å²) < 4.78 is 9.61. The molecule has 76 valence electrons. The molecular weight excluding hydrogens is 250 g/mol. The summed E-state index contributed by atoms with van der Waals surface area (Å²) in [6.45, 7) is 0. The number of carbonyl (C=O) groups excluding carboxylic acids is 1. The number of halogens is 1. The molecule has 0 unspecified atom stereocenters. The van der Waals surface area contributed by atoms with Gasteiger partial charge in [-0.05, 0) is 6.07 Å². The predicted molar refractivity (Wildman–Crippen MR) is 54.8 cm³/mol. The molecule has 0 N–H and O–H groups in total. The second-order valence-electron chi connectivity index (χ2n) is 2.51. The lowest BCUT2D eigenvalue weighted by Gasteiger charge is -2.06. The lowest BCUT2D eigenvalue weighted by Crippen LogP contribution is -2.05. The van der Waals surface area contributed by atoms with Crippen LogP contribution in [0.25, 0.3) is 0 Å². The van der Waals surface area contributed by atoms with Crippen molar-refractivity contribution in [2.75, 3.05) is 14.2 Å². The van der Waals surface area contributed by atoms with Gasteiger partial charge in [0.05, 0.1) is 20.4 Å². The van der Waals surface area contributed by atoms with Crippen molar-refractivity contribution < 1.29 is 14.3 Å². The maximum absolute atomic E-state index is 11.1. The molecule has 1 rings (SSSR count). The summed E-state index contributed by atoms with van der Waals surface area (Å²) in [5.74, 6) is 0.199. The van der Waals surface area contributed by atoms with Crippen LogP contribution in [0.1, 0.15) is 16.1 Å². The summed E-state index contributed by atoms with van der Waals surface area (Å²) in [6, 6.07) is 1.64. The lowest BCUT2D eigenvalue weighted by molar-refractivity contribution is 0.0594. The Morgan fingerprint density at radius 2 is 2.29 bits per heavy atom. The number of hydrogen-bond acceptors (Lipinski definition) is 4. The van der Waals surface area contributed by atoms with E-state index in [1.165, 1.54) is 13.3 Å². The molecule has 4 nitrogen and oxygen atoms in total. The maximum atomic E-state index is 11.1. The van der Waals surface area contributed by atoms with Crippen molar-refractivity contribution in [1.29, 1.82) is 0 Å². The number of rotatable bonds is 3. The predicted octanol–water partition coefficient (Wildman–Crippen LogP) is 1.77. The van der Waals surface area contributed by atoms with E-state index >= 15 is 0 Å². The Balaban J connectivity index is 3.07. The van der Waals surface area contributed by atoms with E-state index in [4.69, 9.17) is 4.74 Å². The number of nitrogens with zero attached hydrogens (tertiary/aromatic N) is 1. The third-order valence-electron chi connectivity index (χ3n) is 1.71. The van der Waals surface area contributed by atoms with Crippen molar-refractivity contribution in [1.82, 2.24) is 4.98 Å². The minimum Gasteiger partial charge on any atom is -0.495 e. The summed E-state index contributed by atoms with van der Waals surface area (Å²) in [4.78, 5) is 15.0. The fraction of sp³-hybridized carbons (Fsp3) is 0.333. The third kappa shape index (κ3) is 2.23. The van der Waals surface area contributed by atoms with Gasteiger partial charge in [0.1, 0.15) is 11.4 Å². The van der Waals surface area contributed by atoms with E-state index in [0.29, 0.717) is 11.1 Å². The zero-order valence-corrected chi connectivity index (χ0v) is 9.50. The number of alkyl halides is 1. The van der Waals surface area contributed by atoms with Gasteiger partial charge in [0.15, 0.2) is 0 Å². The highest BCUT2D eigenvalue weighted by atomic mass is 79.9. The third-order valence-corrected chi connectivity index (χ3v) is 2.31. The SMILES string of the molecule is COC(=O)c1cc(CBr)c(OC)cn1. The van der Waals surface area contributed by atoms with E-state index in [1.54, 1.807) is 13.2 Å². The van der Waals surface area contributed by atoms with Gasteiger partial charge in [-0.3, -0.25) is 0 Å². The van der Waals surface area contributed by atoms with E-state index < -0.39 is 5.97 Å². The van der Waals surface area contributed by atoms with Crippen molar-refractivity contribution in [3.8, 4) is 5.75 Å². The Morgan fingerprint density at radius 3 is 2.79 bits per heavy atom. The van der Waals surface area contributed by atoms with Crippen molar-refractivity contribution in [2.45, 2.75) is 5.33 Å².